The van der Waals surface area contributed by atoms with E-state index in [4.69, 9.17) is 5.73 Å². The first-order chi connectivity index (χ1) is 9.33. The maximum atomic E-state index is 6.43. The fourth-order valence-corrected chi connectivity index (χ4v) is 3.45. The van der Waals surface area contributed by atoms with Gasteiger partial charge in [0.2, 0.25) is 0 Å². The number of hydrogen-bond acceptors (Lipinski definition) is 2. The van der Waals surface area contributed by atoms with Gasteiger partial charge in [0, 0.05) is 18.8 Å². The zero-order chi connectivity index (χ0) is 12.8. The molecular formula is C17H18N2. The molecule has 2 heterocycles. The Bertz CT molecular complexity index is 589. The van der Waals surface area contributed by atoms with E-state index in [2.05, 4.69) is 41.3 Å². The molecular weight excluding hydrogens is 232 g/mol. The van der Waals surface area contributed by atoms with Crippen LogP contribution in [-0.2, 0) is 12.8 Å². The van der Waals surface area contributed by atoms with Gasteiger partial charge in [-0.15, -0.1) is 0 Å². The molecule has 4 rings (SSSR count). The van der Waals surface area contributed by atoms with Crippen molar-refractivity contribution in [2.45, 2.75) is 18.9 Å². The minimum atomic E-state index is -0.00241. The Balaban J connectivity index is 1.77. The van der Waals surface area contributed by atoms with Crippen LogP contribution in [-0.4, -0.2) is 13.1 Å². The smallest absolute Gasteiger partial charge is 0.0551 e. The molecule has 2 nitrogen and oxygen atoms in total. The summed E-state index contributed by atoms with van der Waals surface area (Å²) >= 11 is 0. The van der Waals surface area contributed by atoms with Crippen LogP contribution in [0.2, 0.25) is 0 Å². The molecule has 96 valence electrons. The van der Waals surface area contributed by atoms with Gasteiger partial charge in [-0.2, -0.15) is 0 Å². The Morgan fingerprint density at radius 1 is 0.895 bits per heavy atom. The number of anilines is 1. The van der Waals surface area contributed by atoms with Crippen molar-refractivity contribution >= 4 is 5.69 Å². The monoisotopic (exact) mass is 250 g/mol. The third kappa shape index (κ3) is 1.67. The Kier molecular flexibility index (Phi) is 2.39. The third-order valence-corrected chi connectivity index (χ3v) is 4.43. The summed E-state index contributed by atoms with van der Waals surface area (Å²) in [6.07, 6.45) is 2.36. The van der Waals surface area contributed by atoms with E-state index in [0.29, 0.717) is 0 Å². The highest BCUT2D eigenvalue weighted by Crippen LogP contribution is 2.39. The Hall–Kier alpha value is -1.80. The van der Waals surface area contributed by atoms with Crippen molar-refractivity contribution in [2.24, 2.45) is 5.73 Å². The standard InChI is InChI=1S/C17H18N2/c18-16(12-4-2-1-3-5-12)15-10-13-6-8-19-9-7-14(11-15)17(13)19/h1-5,10-11,16H,6-9,18H2. The molecule has 2 aromatic carbocycles. The van der Waals surface area contributed by atoms with Crippen LogP contribution in [0.15, 0.2) is 42.5 Å². The Morgan fingerprint density at radius 3 is 2.16 bits per heavy atom. The molecule has 1 unspecified atom stereocenters. The summed E-state index contributed by atoms with van der Waals surface area (Å²) < 4.78 is 0. The predicted octanol–water partition coefficient (Wildman–Crippen LogP) is 2.65. The highest BCUT2D eigenvalue weighted by molar-refractivity contribution is 5.68. The molecule has 0 fully saturated rings. The fourth-order valence-electron chi connectivity index (χ4n) is 3.45. The maximum absolute atomic E-state index is 6.43. The van der Waals surface area contributed by atoms with Crippen LogP contribution in [0.1, 0.15) is 28.3 Å². The van der Waals surface area contributed by atoms with Crippen molar-refractivity contribution < 1.29 is 0 Å². The van der Waals surface area contributed by atoms with Gasteiger partial charge in [-0.1, -0.05) is 42.5 Å². The highest BCUT2D eigenvalue weighted by atomic mass is 15.2. The topological polar surface area (TPSA) is 29.3 Å². The lowest BCUT2D eigenvalue weighted by Crippen LogP contribution is -2.17. The second kappa shape index (κ2) is 4.10. The summed E-state index contributed by atoms with van der Waals surface area (Å²) in [5, 5.41) is 0. The van der Waals surface area contributed by atoms with E-state index in [9.17, 15) is 0 Å². The Labute approximate surface area is 113 Å². The maximum Gasteiger partial charge on any atom is 0.0551 e. The van der Waals surface area contributed by atoms with Gasteiger partial charge in [0.1, 0.15) is 0 Å². The van der Waals surface area contributed by atoms with Gasteiger partial charge in [-0.05, 0) is 35.1 Å². The first kappa shape index (κ1) is 11.1. The Morgan fingerprint density at radius 2 is 1.53 bits per heavy atom. The van der Waals surface area contributed by atoms with Crippen molar-refractivity contribution in [3.63, 3.8) is 0 Å². The molecule has 0 saturated heterocycles. The van der Waals surface area contributed by atoms with Crippen molar-refractivity contribution in [1.29, 1.82) is 0 Å². The van der Waals surface area contributed by atoms with Crippen LogP contribution in [0.5, 0.6) is 0 Å². The average Bonchev–Trinajstić information content (AvgIpc) is 3.06. The summed E-state index contributed by atoms with van der Waals surface area (Å²) in [6.45, 7) is 2.37. The second-order valence-electron chi connectivity index (χ2n) is 5.56. The average molecular weight is 250 g/mol. The van der Waals surface area contributed by atoms with Crippen LogP contribution < -0.4 is 10.6 Å². The van der Waals surface area contributed by atoms with Crippen molar-refractivity contribution in [3.05, 3.63) is 64.7 Å². The molecule has 2 aromatic rings. The molecule has 19 heavy (non-hydrogen) atoms. The van der Waals surface area contributed by atoms with E-state index in [1.807, 2.05) is 6.07 Å². The van der Waals surface area contributed by atoms with Crippen molar-refractivity contribution in [1.82, 2.24) is 0 Å². The summed E-state index contributed by atoms with van der Waals surface area (Å²) in [6, 6.07) is 15.0. The summed E-state index contributed by atoms with van der Waals surface area (Å²) in [7, 11) is 0. The van der Waals surface area contributed by atoms with Gasteiger partial charge in [-0.25, -0.2) is 0 Å². The zero-order valence-corrected chi connectivity index (χ0v) is 11.0. The van der Waals surface area contributed by atoms with Gasteiger partial charge < -0.3 is 10.6 Å². The lowest BCUT2D eigenvalue weighted by Gasteiger charge is -2.16. The third-order valence-electron chi connectivity index (χ3n) is 4.43. The number of hydrogen-bond donors (Lipinski definition) is 1. The molecule has 0 aliphatic carbocycles. The quantitative estimate of drug-likeness (QED) is 0.888. The van der Waals surface area contributed by atoms with Crippen LogP contribution >= 0.6 is 0 Å². The molecule has 0 saturated carbocycles. The van der Waals surface area contributed by atoms with Gasteiger partial charge in [0.25, 0.3) is 0 Å². The van der Waals surface area contributed by atoms with Crippen LogP contribution in [0, 0.1) is 0 Å². The van der Waals surface area contributed by atoms with E-state index in [0.717, 1.165) is 0 Å². The molecule has 1 atom stereocenters. The molecule has 2 aliphatic heterocycles. The minimum Gasteiger partial charge on any atom is -0.370 e. The van der Waals surface area contributed by atoms with Crippen molar-refractivity contribution in [3.8, 4) is 0 Å². The van der Waals surface area contributed by atoms with Gasteiger partial charge in [-0.3, -0.25) is 0 Å². The van der Waals surface area contributed by atoms with Crippen LogP contribution in [0.4, 0.5) is 5.69 Å². The van der Waals surface area contributed by atoms with E-state index < -0.39 is 0 Å². The molecule has 0 radical (unpaired) electrons. The largest absolute Gasteiger partial charge is 0.370 e. The number of rotatable bonds is 2. The molecule has 2 heteroatoms. The summed E-state index contributed by atoms with van der Waals surface area (Å²) in [5.41, 5.74) is 13.4. The van der Waals surface area contributed by atoms with E-state index in [-0.39, 0.29) is 6.04 Å². The van der Waals surface area contributed by atoms with E-state index in [1.165, 1.54) is 53.9 Å². The number of nitrogens with zero attached hydrogens (tertiary/aromatic N) is 1. The molecule has 2 N–H and O–H groups in total. The lowest BCUT2D eigenvalue weighted by molar-refractivity contribution is 0.842. The van der Waals surface area contributed by atoms with Gasteiger partial charge >= 0.3 is 0 Å². The normalized spacial score (nSPS) is 17.6. The number of nitrogens with two attached hydrogens (primary N) is 1. The highest BCUT2D eigenvalue weighted by Gasteiger charge is 2.28. The number of benzene rings is 2. The summed E-state index contributed by atoms with van der Waals surface area (Å²) in [4.78, 5) is 2.52. The molecule has 0 spiro atoms. The van der Waals surface area contributed by atoms with Gasteiger partial charge in [0.05, 0.1) is 6.04 Å². The molecule has 0 amide bonds. The van der Waals surface area contributed by atoms with E-state index in [1.54, 1.807) is 0 Å². The first-order valence-electron chi connectivity index (χ1n) is 7.04. The molecule has 0 bridgehead atoms. The van der Waals surface area contributed by atoms with Crippen LogP contribution in [0.25, 0.3) is 0 Å². The summed E-state index contributed by atoms with van der Waals surface area (Å²) in [5.74, 6) is 0. The minimum absolute atomic E-state index is 0.00241. The molecule has 2 aliphatic rings. The molecule has 0 aromatic heterocycles. The fraction of sp³-hybridized carbons (Fsp3) is 0.294. The predicted molar refractivity (Wildman–Crippen MR) is 78.5 cm³/mol. The van der Waals surface area contributed by atoms with E-state index >= 15 is 0 Å². The SMILES string of the molecule is NC(c1ccccc1)c1cc2c3c(c1)CCN3CC2. The van der Waals surface area contributed by atoms with Crippen molar-refractivity contribution in [2.75, 3.05) is 18.0 Å². The zero-order valence-electron chi connectivity index (χ0n) is 11.0. The first-order valence-corrected chi connectivity index (χ1v) is 7.04. The van der Waals surface area contributed by atoms with Crippen LogP contribution in [0.3, 0.4) is 0 Å². The second-order valence-corrected chi connectivity index (χ2v) is 5.56. The lowest BCUT2D eigenvalue weighted by atomic mass is 9.94. The van der Waals surface area contributed by atoms with Gasteiger partial charge in [0.15, 0.2) is 0 Å².